The van der Waals surface area contributed by atoms with Gasteiger partial charge >= 0.3 is 0 Å². The van der Waals surface area contributed by atoms with E-state index in [2.05, 4.69) is 17.1 Å². The van der Waals surface area contributed by atoms with Crippen LogP contribution in [0, 0.1) is 5.92 Å². The van der Waals surface area contributed by atoms with Gasteiger partial charge < -0.3 is 19.7 Å². The average molecular weight is 330 g/mol. The lowest BCUT2D eigenvalue weighted by Crippen LogP contribution is -2.39. The first-order chi connectivity index (χ1) is 11.7. The molecule has 1 aromatic rings. The molecule has 2 heterocycles. The Bertz CT molecular complexity index is 600. The first kappa shape index (κ1) is 16.8. The maximum Gasteiger partial charge on any atom is 0.244 e. The Balaban J connectivity index is 1.43. The van der Waals surface area contributed by atoms with E-state index in [0.29, 0.717) is 19.8 Å². The number of piperidine rings is 1. The SMILES string of the molecule is C[C@H]1CCCN(CCNC(=O)/C=C\c2ccc3c(c2)OCCO3)C1. The molecule has 0 radical (unpaired) electrons. The van der Waals surface area contributed by atoms with Gasteiger partial charge in [0, 0.05) is 25.7 Å². The van der Waals surface area contributed by atoms with Crippen molar-refractivity contribution in [1.29, 1.82) is 0 Å². The van der Waals surface area contributed by atoms with Crippen LogP contribution in [0.5, 0.6) is 11.5 Å². The molecule has 1 amide bonds. The molecule has 1 N–H and O–H groups in total. The molecule has 1 aromatic carbocycles. The van der Waals surface area contributed by atoms with Gasteiger partial charge in [0.05, 0.1) is 0 Å². The molecule has 0 aromatic heterocycles. The average Bonchev–Trinajstić information content (AvgIpc) is 2.60. The normalized spacial score (nSPS) is 21.0. The van der Waals surface area contributed by atoms with Crippen molar-refractivity contribution >= 4 is 12.0 Å². The summed E-state index contributed by atoms with van der Waals surface area (Å²) < 4.78 is 11.0. The molecule has 2 aliphatic heterocycles. The van der Waals surface area contributed by atoms with E-state index in [-0.39, 0.29) is 5.91 Å². The van der Waals surface area contributed by atoms with Crippen LogP contribution in [0.4, 0.5) is 0 Å². The highest BCUT2D eigenvalue weighted by Gasteiger charge is 2.15. The van der Waals surface area contributed by atoms with Crippen molar-refractivity contribution in [3.05, 3.63) is 29.8 Å². The monoisotopic (exact) mass is 330 g/mol. The molecule has 0 aliphatic carbocycles. The van der Waals surface area contributed by atoms with Gasteiger partial charge in [-0.25, -0.2) is 0 Å². The number of nitrogens with zero attached hydrogens (tertiary/aromatic N) is 1. The number of carbonyl (C=O) groups excluding carboxylic acids is 1. The summed E-state index contributed by atoms with van der Waals surface area (Å²) in [5.74, 6) is 2.21. The highest BCUT2D eigenvalue weighted by molar-refractivity contribution is 5.91. The minimum Gasteiger partial charge on any atom is -0.486 e. The fourth-order valence-electron chi connectivity index (χ4n) is 3.22. The molecule has 24 heavy (non-hydrogen) atoms. The summed E-state index contributed by atoms with van der Waals surface area (Å²) in [6.45, 7) is 7.35. The minimum absolute atomic E-state index is 0.0602. The predicted molar refractivity (Wildman–Crippen MR) is 94.3 cm³/mol. The summed E-state index contributed by atoms with van der Waals surface area (Å²) in [7, 11) is 0. The lowest BCUT2D eigenvalue weighted by atomic mass is 10.0. The van der Waals surface area contributed by atoms with Gasteiger partial charge in [0.25, 0.3) is 0 Å². The summed E-state index contributed by atoms with van der Waals surface area (Å²) in [5, 5.41) is 2.95. The van der Waals surface area contributed by atoms with Crippen LogP contribution in [0.15, 0.2) is 24.3 Å². The molecule has 1 atom stereocenters. The Hall–Kier alpha value is -2.01. The van der Waals surface area contributed by atoms with Crippen molar-refractivity contribution in [2.24, 2.45) is 5.92 Å². The van der Waals surface area contributed by atoms with Crippen molar-refractivity contribution in [1.82, 2.24) is 10.2 Å². The number of amides is 1. The first-order valence-electron chi connectivity index (χ1n) is 8.78. The third-order valence-electron chi connectivity index (χ3n) is 4.46. The lowest BCUT2D eigenvalue weighted by molar-refractivity contribution is -0.116. The molecule has 1 saturated heterocycles. The minimum atomic E-state index is -0.0602. The van der Waals surface area contributed by atoms with Crippen molar-refractivity contribution in [3.63, 3.8) is 0 Å². The molecule has 2 aliphatic rings. The van der Waals surface area contributed by atoms with Crippen LogP contribution in [0.25, 0.3) is 6.08 Å². The van der Waals surface area contributed by atoms with Crippen LogP contribution in [0.1, 0.15) is 25.3 Å². The fraction of sp³-hybridized carbons (Fsp3) is 0.526. The number of nitrogens with one attached hydrogen (secondary N) is 1. The number of ether oxygens (including phenoxy) is 2. The van der Waals surface area contributed by atoms with Crippen LogP contribution < -0.4 is 14.8 Å². The summed E-state index contributed by atoms with van der Waals surface area (Å²) in [5.41, 5.74) is 0.930. The Morgan fingerprint density at radius 3 is 3.00 bits per heavy atom. The number of hydrogen-bond donors (Lipinski definition) is 1. The smallest absolute Gasteiger partial charge is 0.244 e. The van der Waals surface area contributed by atoms with Gasteiger partial charge in [0.1, 0.15) is 13.2 Å². The fourth-order valence-corrected chi connectivity index (χ4v) is 3.22. The largest absolute Gasteiger partial charge is 0.486 e. The number of likely N-dealkylation sites (tertiary alicyclic amines) is 1. The van der Waals surface area contributed by atoms with E-state index in [9.17, 15) is 4.79 Å². The molecule has 5 heteroatoms. The Kier molecular flexibility index (Phi) is 5.75. The zero-order chi connectivity index (χ0) is 16.8. The highest BCUT2D eigenvalue weighted by atomic mass is 16.6. The van der Waals surface area contributed by atoms with Gasteiger partial charge in [0.15, 0.2) is 11.5 Å². The Labute approximate surface area is 143 Å². The summed E-state index contributed by atoms with van der Waals surface area (Å²) in [6.07, 6.45) is 5.96. The van der Waals surface area contributed by atoms with Gasteiger partial charge in [-0.3, -0.25) is 4.79 Å². The lowest BCUT2D eigenvalue weighted by Gasteiger charge is -2.30. The van der Waals surface area contributed by atoms with Gasteiger partial charge in [-0.05, 0) is 49.1 Å². The highest BCUT2D eigenvalue weighted by Crippen LogP contribution is 2.31. The number of benzene rings is 1. The van der Waals surface area contributed by atoms with E-state index < -0.39 is 0 Å². The Morgan fingerprint density at radius 1 is 1.33 bits per heavy atom. The van der Waals surface area contributed by atoms with E-state index in [1.54, 1.807) is 12.2 Å². The number of carbonyl (C=O) groups is 1. The molecular weight excluding hydrogens is 304 g/mol. The van der Waals surface area contributed by atoms with Gasteiger partial charge in [0.2, 0.25) is 5.91 Å². The first-order valence-corrected chi connectivity index (χ1v) is 8.78. The zero-order valence-corrected chi connectivity index (χ0v) is 14.3. The standard InChI is InChI=1S/C19H26N2O3/c1-15-3-2-9-21(14-15)10-8-20-19(22)7-5-16-4-6-17-18(13-16)24-12-11-23-17/h4-7,13,15H,2-3,8-12,14H2,1H3,(H,20,22)/b7-5-/t15-/m0/s1. The zero-order valence-electron chi connectivity index (χ0n) is 14.3. The van der Waals surface area contributed by atoms with Crippen LogP contribution in [-0.4, -0.2) is 50.2 Å². The number of fused-ring (bicyclic) bond motifs is 1. The van der Waals surface area contributed by atoms with Crippen molar-refractivity contribution in [2.45, 2.75) is 19.8 Å². The molecule has 5 nitrogen and oxygen atoms in total. The topological polar surface area (TPSA) is 50.8 Å². The molecule has 0 spiro atoms. The van der Waals surface area contributed by atoms with E-state index in [1.807, 2.05) is 18.2 Å². The third-order valence-corrected chi connectivity index (χ3v) is 4.46. The Morgan fingerprint density at radius 2 is 2.17 bits per heavy atom. The maximum absolute atomic E-state index is 11.9. The number of hydrogen-bond acceptors (Lipinski definition) is 4. The van der Waals surface area contributed by atoms with Crippen LogP contribution in [0.3, 0.4) is 0 Å². The van der Waals surface area contributed by atoms with E-state index in [0.717, 1.165) is 42.6 Å². The maximum atomic E-state index is 11.9. The van der Waals surface area contributed by atoms with Gasteiger partial charge in [-0.15, -0.1) is 0 Å². The molecule has 130 valence electrons. The van der Waals surface area contributed by atoms with Crippen LogP contribution in [0.2, 0.25) is 0 Å². The molecule has 0 unspecified atom stereocenters. The summed E-state index contributed by atoms with van der Waals surface area (Å²) >= 11 is 0. The van der Waals surface area contributed by atoms with Crippen molar-refractivity contribution < 1.29 is 14.3 Å². The summed E-state index contributed by atoms with van der Waals surface area (Å²) in [6, 6.07) is 5.70. The molecule has 0 saturated carbocycles. The quantitative estimate of drug-likeness (QED) is 0.842. The van der Waals surface area contributed by atoms with E-state index in [1.165, 1.54) is 12.8 Å². The molecule has 3 rings (SSSR count). The second kappa shape index (κ2) is 8.20. The second-order valence-electron chi connectivity index (χ2n) is 6.58. The van der Waals surface area contributed by atoms with E-state index in [4.69, 9.17) is 9.47 Å². The van der Waals surface area contributed by atoms with Crippen molar-refractivity contribution in [3.8, 4) is 11.5 Å². The molecular formula is C19H26N2O3. The predicted octanol–water partition coefficient (Wildman–Crippen LogP) is 2.32. The molecule has 0 bridgehead atoms. The van der Waals surface area contributed by atoms with Gasteiger partial charge in [-0.2, -0.15) is 0 Å². The van der Waals surface area contributed by atoms with Crippen LogP contribution >= 0.6 is 0 Å². The van der Waals surface area contributed by atoms with Gasteiger partial charge in [-0.1, -0.05) is 13.0 Å². The number of rotatable bonds is 5. The molecule has 1 fully saturated rings. The summed E-state index contributed by atoms with van der Waals surface area (Å²) in [4.78, 5) is 14.4. The van der Waals surface area contributed by atoms with Crippen LogP contribution in [-0.2, 0) is 4.79 Å². The third kappa shape index (κ3) is 4.74. The second-order valence-corrected chi connectivity index (χ2v) is 6.58. The van der Waals surface area contributed by atoms with E-state index >= 15 is 0 Å². The van der Waals surface area contributed by atoms with Crippen molar-refractivity contribution in [2.75, 3.05) is 39.4 Å².